The number of aliphatic imine (C=N–C) groups is 1. The van der Waals surface area contributed by atoms with Crippen molar-refractivity contribution < 1.29 is 4.39 Å². The lowest BCUT2D eigenvalue weighted by molar-refractivity contribution is 0.629. The molecule has 0 fully saturated rings. The normalized spacial score (nSPS) is 11.3. The maximum Gasteiger partial charge on any atom is 0.191 e. The molecule has 0 aliphatic heterocycles. The average molecular weight is 458 g/mol. The summed E-state index contributed by atoms with van der Waals surface area (Å²) in [6, 6.07) is 8.94. The van der Waals surface area contributed by atoms with E-state index in [0.29, 0.717) is 0 Å². The highest BCUT2D eigenvalue weighted by molar-refractivity contribution is 14.0. The van der Waals surface area contributed by atoms with E-state index in [9.17, 15) is 4.39 Å². The number of nitrogens with one attached hydrogen (secondary N) is 3. The Morgan fingerprint density at radius 1 is 1.29 bits per heavy atom. The number of benzene rings is 1. The van der Waals surface area contributed by atoms with E-state index in [1.54, 1.807) is 30.5 Å². The molecule has 0 radical (unpaired) electrons. The predicted octanol–water partition coefficient (Wildman–Crippen LogP) is 3.89. The largest absolute Gasteiger partial charge is 0.361 e. The summed E-state index contributed by atoms with van der Waals surface area (Å²) < 4.78 is 13.4. The first-order chi connectivity index (χ1) is 11.3. The second-order valence-electron chi connectivity index (χ2n) is 5.19. The molecule has 2 aromatic heterocycles. The third-order valence-electron chi connectivity index (χ3n) is 3.65. The summed E-state index contributed by atoms with van der Waals surface area (Å²) in [5, 5.41) is 9.56. The summed E-state index contributed by atoms with van der Waals surface area (Å²) in [7, 11) is 1.75. The molecule has 7 heteroatoms. The highest BCUT2D eigenvalue weighted by Gasteiger charge is 2.05. The Bertz CT molecular complexity index is 798. The molecule has 0 bridgehead atoms. The summed E-state index contributed by atoms with van der Waals surface area (Å²) in [5.41, 5.74) is 2.06. The first-order valence-corrected chi connectivity index (χ1v) is 8.36. The molecule has 0 saturated heterocycles. The topological polar surface area (TPSA) is 52.2 Å². The van der Waals surface area contributed by atoms with E-state index in [1.165, 1.54) is 10.9 Å². The van der Waals surface area contributed by atoms with Crippen LogP contribution in [0.1, 0.15) is 10.4 Å². The first kappa shape index (κ1) is 18.7. The fraction of sp³-hybridized carbons (Fsp3) is 0.235. The number of aromatic amines is 1. The zero-order valence-corrected chi connectivity index (χ0v) is 16.5. The Morgan fingerprint density at radius 3 is 2.92 bits per heavy atom. The number of hydrogen-bond acceptors (Lipinski definition) is 2. The molecule has 0 aliphatic carbocycles. The molecule has 24 heavy (non-hydrogen) atoms. The molecule has 0 amide bonds. The first-order valence-electron chi connectivity index (χ1n) is 7.48. The number of aromatic nitrogens is 1. The van der Waals surface area contributed by atoms with Crippen LogP contribution in [-0.2, 0) is 13.0 Å². The number of rotatable bonds is 5. The fourth-order valence-electron chi connectivity index (χ4n) is 2.48. The number of hydrogen-bond donors (Lipinski definition) is 3. The lowest BCUT2D eigenvalue weighted by Crippen LogP contribution is -2.37. The number of fused-ring (bicyclic) bond motifs is 1. The average Bonchev–Trinajstić information content (AvgIpc) is 3.20. The minimum atomic E-state index is -0.209. The molecule has 4 nitrogen and oxygen atoms in total. The molecule has 0 unspecified atom stereocenters. The lowest BCUT2D eigenvalue weighted by atomic mass is 10.1. The molecule has 2 heterocycles. The van der Waals surface area contributed by atoms with Gasteiger partial charge in [0.15, 0.2) is 5.96 Å². The second kappa shape index (κ2) is 9.03. The lowest BCUT2D eigenvalue weighted by Gasteiger charge is -2.11. The van der Waals surface area contributed by atoms with Crippen LogP contribution in [0, 0.1) is 5.82 Å². The maximum atomic E-state index is 13.4. The Balaban J connectivity index is 0.00000208. The van der Waals surface area contributed by atoms with Crippen molar-refractivity contribution in [3.05, 3.63) is 58.2 Å². The van der Waals surface area contributed by atoms with Crippen LogP contribution in [0.5, 0.6) is 0 Å². The predicted molar refractivity (Wildman–Crippen MR) is 110 cm³/mol. The summed E-state index contributed by atoms with van der Waals surface area (Å²) >= 11 is 1.72. The molecule has 0 aliphatic rings. The van der Waals surface area contributed by atoms with Crippen LogP contribution in [0.25, 0.3) is 10.9 Å². The van der Waals surface area contributed by atoms with Crippen molar-refractivity contribution in [2.24, 2.45) is 4.99 Å². The van der Waals surface area contributed by atoms with Gasteiger partial charge in [0.05, 0.1) is 6.54 Å². The van der Waals surface area contributed by atoms with Gasteiger partial charge in [-0.05, 0) is 41.6 Å². The van der Waals surface area contributed by atoms with E-state index in [0.717, 1.165) is 41.9 Å². The maximum absolute atomic E-state index is 13.4. The van der Waals surface area contributed by atoms with Crippen LogP contribution in [0.4, 0.5) is 4.39 Å². The molecule has 128 valence electrons. The molecular formula is C17H20FIN4S. The van der Waals surface area contributed by atoms with Gasteiger partial charge in [0.1, 0.15) is 5.82 Å². The van der Waals surface area contributed by atoms with Gasteiger partial charge in [0.2, 0.25) is 0 Å². The van der Waals surface area contributed by atoms with E-state index in [-0.39, 0.29) is 29.8 Å². The zero-order valence-electron chi connectivity index (χ0n) is 13.3. The SMILES string of the molecule is CN=C(NCCc1c[nH]c2ccc(F)cc12)NCc1cccs1.I. The van der Waals surface area contributed by atoms with Crippen molar-refractivity contribution in [2.45, 2.75) is 13.0 Å². The summed E-state index contributed by atoms with van der Waals surface area (Å²) in [5.74, 6) is 0.559. The summed E-state index contributed by atoms with van der Waals surface area (Å²) in [6.45, 7) is 1.49. The van der Waals surface area contributed by atoms with Crippen LogP contribution in [0.3, 0.4) is 0 Å². The Morgan fingerprint density at radius 2 is 2.17 bits per heavy atom. The third kappa shape index (κ3) is 4.70. The van der Waals surface area contributed by atoms with Crippen molar-refractivity contribution in [3.63, 3.8) is 0 Å². The van der Waals surface area contributed by atoms with Gasteiger partial charge in [-0.15, -0.1) is 35.3 Å². The third-order valence-corrected chi connectivity index (χ3v) is 4.53. The highest BCUT2D eigenvalue weighted by Crippen LogP contribution is 2.19. The molecule has 0 spiro atoms. The number of nitrogens with zero attached hydrogens (tertiary/aromatic N) is 1. The van der Waals surface area contributed by atoms with Gasteiger partial charge in [-0.1, -0.05) is 6.07 Å². The van der Waals surface area contributed by atoms with Gasteiger partial charge < -0.3 is 15.6 Å². The minimum absolute atomic E-state index is 0. The summed E-state index contributed by atoms with van der Waals surface area (Å²) in [6.07, 6.45) is 2.73. The van der Waals surface area contributed by atoms with Crippen molar-refractivity contribution >= 4 is 52.2 Å². The molecule has 0 atom stereocenters. The highest BCUT2D eigenvalue weighted by atomic mass is 127. The molecule has 1 aromatic carbocycles. The number of halogens is 2. The van der Waals surface area contributed by atoms with E-state index >= 15 is 0 Å². The van der Waals surface area contributed by atoms with Crippen molar-refractivity contribution in [1.29, 1.82) is 0 Å². The Labute approximate surface area is 161 Å². The van der Waals surface area contributed by atoms with Crippen LogP contribution >= 0.6 is 35.3 Å². The van der Waals surface area contributed by atoms with Gasteiger partial charge in [-0.3, -0.25) is 4.99 Å². The number of H-pyrrole nitrogens is 1. The van der Waals surface area contributed by atoms with Gasteiger partial charge >= 0.3 is 0 Å². The van der Waals surface area contributed by atoms with Crippen molar-refractivity contribution in [1.82, 2.24) is 15.6 Å². The minimum Gasteiger partial charge on any atom is -0.361 e. The van der Waals surface area contributed by atoms with Crippen LogP contribution in [-0.4, -0.2) is 24.5 Å². The van der Waals surface area contributed by atoms with Gasteiger partial charge in [-0.25, -0.2) is 4.39 Å². The van der Waals surface area contributed by atoms with Gasteiger partial charge in [0, 0.05) is 35.6 Å². The van der Waals surface area contributed by atoms with Gasteiger partial charge in [0.25, 0.3) is 0 Å². The molecular weight excluding hydrogens is 438 g/mol. The Kier molecular flexibility index (Phi) is 7.04. The van der Waals surface area contributed by atoms with Crippen molar-refractivity contribution in [2.75, 3.05) is 13.6 Å². The molecule has 3 aromatic rings. The van der Waals surface area contributed by atoms with Crippen LogP contribution in [0.15, 0.2) is 46.9 Å². The summed E-state index contributed by atoms with van der Waals surface area (Å²) in [4.78, 5) is 8.65. The quantitative estimate of drug-likeness (QED) is 0.309. The number of guanidine groups is 1. The van der Waals surface area contributed by atoms with Crippen molar-refractivity contribution in [3.8, 4) is 0 Å². The van der Waals surface area contributed by atoms with E-state index in [2.05, 4.69) is 32.1 Å². The van der Waals surface area contributed by atoms with Crippen LogP contribution < -0.4 is 10.6 Å². The number of thiophene rings is 1. The van der Waals surface area contributed by atoms with E-state index < -0.39 is 0 Å². The van der Waals surface area contributed by atoms with Gasteiger partial charge in [-0.2, -0.15) is 0 Å². The standard InChI is InChI=1S/C17H19FN4S.HI/c1-19-17(22-11-14-3-2-8-23-14)20-7-6-12-10-21-16-5-4-13(18)9-15(12)16;/h2-5,8-10,21H,6-7,11H2,1H3,(H2,19,20,22);1H. The van der Waals surface area contributed by atoms with Crippen LogP contribution in [0.2, 0.25) is 0 Å². The second-order valence-corrected chi connectivity index (χ2v) is 6.22. The smallest absolute Gasteiger partial charge is 0.191 e. The fourth-order valence-corrected chi connectivity index (χ4v) is 3.12. The monoisotopic (exact) mass is 458 g/mol. The van der Waals surface area contributed by atoms with E-state index in [1.807, 2.05) is 12.3 Å². The Hall–Kier alpha value is -1.61. The molecule has 0 saturated carbocycles. The van der Waals surface area contributed by atoms with E-state index in [4.69, 9.17) is 0 Å². The molecule has 3 rings (SSSR count). The molecule has 3 N–H and O–H groups in total. The zero-order chi connectivity index (χ0) is 16.1.